The molecule has 0 radical (unpaired) electrons. The fourth-order valence-electron chi connectivity index (χ4n) is 2.99. The average molecular weight is 459 g/mol. The number of aromatic amines is 1. The first-order chi connectivity index (χ1) is 14.8. The molecule has 0 aliphatic carbocycles. The van der Waals surface area contributed by atoms with Crippen LogP contribution in [0.1, 0.15) is 23.2 Å². The molecule has 8 nitrogen and oxygen atoms in total. The van der Waals surface area contributed by atoms with Crippen molar-refractivity contribution in [1.82, 2.24) is 24.7 Å². The molecule has 160 valence electrons. The number of fused-ring (bicyclic) bond motifs is 1. The van der Waals surface area contributed by atoms with E-state index in [2.05, 4.69) is 25.4 Å². The summed E-state index contributed by atoms with van der Waals surface area (Å²) in [6, 6.07) is 4.36. The fourth-order valence-corrected chi connectivity index (χ4v) is 4.80. The zero-order chi connectivity index (χ0) is 22.1. The molecule has 3 aromatic heterocycles. The zero-order valence-corrected chi connectivity index (χ0v) is 18.6. The molecule has 0 fully saturated rings. The molecule has 2 N–H and O–H groups in total. The molecule has 4 aromatic rings. The number of nitrogens with one attached hydrogen (secondary N) is 2. The van der Waals surface area contributed by atoms with Crippen molar-refractivity contribution in [3.63, 3.8) is 0 Å². The summed E-state index contributed by atoms with van der Waals surface area (Å²) in [5, 5.41) is 6.79. The number of hydrogen-bond donors (Lipinski definition) is 2. The van der Waals surface area contributed by atoms with Crippen molar-refractivity contribution in [3.8, 4) is 5.69 Å². The summed E-state index contributed by atoms with van der Waals surface area (Å²) in [4.78, 5) is 37.8. The first-order valence-corrected chi connectivity index (χ1v) is 11.3. The standard InChI is InChI=1S/C20H19FN6O2S2/c1-10-11(2)31-20-17(10)19(29)25-16(26-20)7-30-12(3)18(28)24-13-4-5-15(14(21)6-13)27-9-22-8-23-27/h4-6,8-9,12H,7H2,1-3H3,(H,24,28)(H,25,26,29)/t12-/m1/s1. The molecule has 0 aliphatic heterocycles. The maximum absolute atomic E-state index is 14.3. The van der Waals surface area contributed by atoms with Gasteiger partial charge in [-0.1, -0.05) is 0 Å². The minimum absolute atomic E-state index is 0.164. The largest absolute Gasteiger partial charge is 0.325 e. The van der Waals surface area contributed by atoms with Gasteiger partial charge in [0.25, 0.3) is 5.56 Å². The number of halogens is 1. The number of hydrogen-bond acceptors (Lipinski definition) is 7. The molecule has 0 saturated carbocycles. The lowest BCUT2D eigenvalue weighted by Crippen LogP contribution is -2.23. The van der Waals surface area contributed by atoms with Gasteiger partial charge in [0.1, 0.15) is 29.0 Å². The smallest absolute Gasteiger partial charge is 0.259 e. The van der Waals surface area contributed by atoms with Gasteiger partial charge in [-0.2, -0.15) is 5.10 Å². The Bertz CT molecular complexity index is 1320. The van der Waals surface area contributed by atoms with Gasteiger partial charge in [-0.15, -0.1) is 23.1 Å². The van der Waals surface area contributed by atoms with Crippen LogP contribution in [-0.4, -0.2) is 35.9 Å². The Hall–Kier alpha value is -3.05. The first-order valence-electron chi connectivity index (χ1n) is 9.39. The van der Waals surface area contributed by atoms with Gasteiger partial charge in [-0.3, -0.25) is 9.59 Å². The van der Waals surface area contributed by atoms with Crippen LogP contribution in [0.15, 0.2) is 35.6 Å². The molecule has 0 aliphatic rings. The van der Waals surface area contributed by atoms with E-state index in [1.165, 1.54) is 52.6 Å². The van der Waals surface area contributed by atoms with Gasteiger partial charge in [-0.05, 0) is 44.5 Å². The van der Waals surface area contributed by atoms with Crippen LogP contribution >= 0.6 is 23.1 Å². The molecule has 0 bridgehead atoms. The van der Waals surface area contributed by atoms with E-state index in [9.17, 15) is 14.0 Å². The number of carbonyl (C=O) groups is 1. The Morgan fingerprint density at radius 3 is 2.90 bits per heavy atom. The van der Waals surface area contributed by atoms with Crippen molar-refractivity contribution in [1.29, 1.82) is 0 Å². The van der Waals surface area contributed by atoms with Crippen molar-refractivity contribution in [2.45, 2.75) is 31.8 Å². The highest BCUT2D eigenvalue weighted by molar-refractivity contribution is 7.99. The van der Waals surface area contributed by atoms with E-state index in [1.807, 2.05) is 13.8 Å². The molecule has 11 heteroatoms. The average Bonchev–Trinajstić information content (AvgIpc) is 3.35. The topological polar surface area (TPSA) is 106 Å². The predicted octanol–water partition coefficient (Wildman–Crippen LogP) is 3.58. The summed E-state index contributed by atoms with van der Waals surface area (Å²) in [5.74, 6) is 0.0889. The molecule has 0 unspecified atom stereocenters. The van der Waals surface area contributed by atoms with Crippen molar-refractivity contribution in [2.75, 3.05) is 5.32 Å². The van der Waals surface area contributed by atoms with E-state index < -0.39 is 11.1 Å². The summed E-state index contributed by atoms with van der Waals surface area (Å²) in [6.07, 6.45) is 2.71. The molecule has 4 rings (SSSR count). The Labute approximate surface area is 184 Å². The van der Waals surface area contributed by atoms with Crippen LogP contribution in [0.5, 0.6) is 0 Å². The van der Waals surface area contributed by atoms with Gasteiger partial charge in [0.05, 0.1) is 16.4 Å². The summed E-state index contributed by atoms with van der Waals surface area (Å²) in [5.41, 5.74) is 1.36. The molecular formula is C20H19FN6O2S2. The number of amides is 1. The van der Waals surface area contributed by atoms with Gasteiger partial charge in [0, 0.05) is 10.6 Å². The second-order valence-corrected chi connectivity index (χ2v) is 9.46. The van der Waals surface area contributed by atoms with Gasteiger partial charge in [0.15, 0.2) is 5.82 Å². The molecule has 0 spiro atoms. The summed E-state index contributed by atoms with van der Waals surface area (Å²) >= 11 is 2.82. The summed E-state index contributed by atoms with van der Waals surface area (Å²) in [6.45, 7) is 5.62. The molecule has 1 aromatic carbocycles. The lowest BCUT2D eigenvalue weighted by atomic mass is 10.2. The molecule has 1 amide bonds. The number of rotatable bonds is 6. The van der Waals surface area contributed by atoms with Crippen LogP contribution in [0, 0.1) is 19.7 Å². The van der Waals surface area contributed by atoms with Crippen LogP contribution in [0.25, 0.3) is 15.9 Å². The molecule has 31 heavy (non-hydrogen) atoms. The Balaban J connectivity index is 1.41. The van der Waals surface area contributed by atoms with E-state index in [1.54, 1.807) is 13.0 Å². The van der Waals surface area contributed by atoms with Crippen LogP contribution in [-0.2, 0) is 10.5 Å². The minimum atomic E-state index is -0.528. The number of benzene rings is 1. The number of aromatic nitrogens is 5. The minimum Gasteiger partial charge on any atom is -0.325 e. The van der Waals surface area contributed by atoms with E-state index >= 15 is 0 Å². The van der Waals surface area contributed by atoms with Crippen molar-refractivity contribution in [3.05, 3.63) is 63.3 Å². The number of aryl methyl sites for hydroxylation is 2. The van der Waals surface area contributed by atoms with Crippen LogP contribution in [0.4, 0.5) is 10.1 Å². The van der Waals surface area contributed by atoms with Crippen LogP contribution < -0.4 is 10.9 Å². The normalized spacial score (nSPS) is 12.3. The summed E-state index contributed by atoms with van der Waals surface area (Å²) < 4.78 is 15.6. The lowest BCUT2D eigenvalue weighted by molar-refractivity contribution is -0.115. The first kappa shape index (κ1) is 21.2. The molecule has 0 saturated heterocycles. The number of anilines is 1. The van der Waals surface area contributed by atoms with E-state index in [4.69, 9.17) is 0 Å². The van der Waals surface area contributed by atoms with Gasteiger partial charge < -0.3 is 10.3 Å². The number of thioether (sulfide) groups is 1. The zero-order valence-electron chi connectivity index (χ0n) is 17.0. The highest BCUT2D eigenvalue weighted by Gasteiger charge is 2.17. The van der Waals surface area contributed by atoms with E-state index in [0.717, 1.165) is 10.4 Å². The third-order valence-corrected chi connectivity index (χ3v) is 7.06. The quantitative estimate of drug-likeness (QED) is 0.458. The van der Waals surface area contributed by atoms with Crippen molar-refractivity contribution < 1.29 is 9.18 Å². The maximum Gasteiger partial charge on any atom is 0.259 e. The summed E-state index contributed by atoms with van der Waals surface area (Å²) in [7, 11) is 0. The Morgan fingerprint density at radius 2 is 2.19 bits per heavy atom. The van der Waals surface area contributed by atoms with Crippen molar-refractivity contribution >= 4 is 44.9 Å². The number of carbonyl (C=O) groups excluding carboxylic acids is 1. The predicted molar refractivity (Wildman–Crippen MR) is 120 cm³/mol. The second-order valence-electron chi connectivity index (χ2n) is 6.92. The number of nitrogens with zero attached hydrogens (tertiary/aromatic N) is 4. The SMILES string of the molecule is Cc1sc2nc(CS[C@H](C)C(=O)Nc3ccc(-n4cncn4)c(F)c3)[nH]c(=O)c2c1C. The maximum atomic E-state index is 14.3. The second kappa shape index (κ2) is 8.60. The van der Waals surface area contributed by atoms with E-state index in [-0.39, 0.29) is 17.2 Å². The van der Waals surface area contributed by atoms with Gasteiger partial charge in [-0.25, -0.2) is 19.0 Å². The van der Waals surface area contributed by atoms with Crippen molar-refractivity contribution in [2.24, 2.45) is 0 Å². The molecule has 1 atom stereocenters. The Kier molecular flexibility index (Phi) is 5.88. The molecular weight excluding hydrogens is 439 g/mol. The highest BCUT2D eigenvalue weighted by Crippen LogP contribution is 2.27. The van der Waals surface area contributed by atoms with Gasteiger partial charge in [0.2, 0.25) is 5.91 Å². The lowest BCUT2D eigenvalue weighted by Gasteiger charge is -2.12. The van der Waals surface area contributed by atoms with Crippen LogP contribution in [0.3, 0.4) is 0 Å². The number of thiophene rings is 1. The van der Waals surface area contributed by atoms with E-state index in [0.29, 0.717) is 27.5 Å². The Morgan fingerprint density at radius 1 is 1.39 bits per heavy atom. The monoisotopic (exact) mass is 458 g/mol. The third kappa shape index (κ3) is 4.37. The highest BCUT2D eigenvalue weighted by atomic mass is 32.2. The number of H-pyrrole nitrogens is 1. The fraction of sp³-hybridized carbons (Fsp3) is 0.250. The van der Waals surface area contributed by atoms with Crippen LogP contribution in [0.2, 0.25) is 0 Å². The van der Waals surface area contributed by atoms with Gasteiger partial charge >= 0.3 is 0 Å². The molecule has 3 heterocycles. The third-order valence-electron chi connectivity index (χ3n) is 4.81.